The van der Waals surface area contributed by atoms with Gasteiger partial charge in [-0.25, -0.2) is 0 Å². The Bertz CT molecular complexity index is 699. The number of nitrogens with two attached hydrogens (primary N) is 1. The van der Waals surface area contributed by atoms with Crippen molar-refractivity contribution in [3.63, 3.8) is 0 Å². The Morgan fingerprint density at radius 1 is 1.48 bits per heavy atom. The van der Waals surface area contributed by atoms with Crippen molar-refractivity contribution < 1.29 is 9.53 Å². The van der Waals surface area contributed by atoms with E-state index in [4.69, 9.17) is 10.5 Å². The summed E-state index contributed by atoms with van der Waals surface area (Å²) >= 11 is 1.44. The molecule has 1 saturated carbocycles. The van der Waals surface area contributed by atoms with Crippen LogP contribution >= 0.6 is 11.3 Å². The van der Waals surface area contributed by atoms with E-state index in [-0.39, 0.29) is 18.1 Å². The molecule has 0 bridgehead atoms. The van der Waals surface area contributed by atoms with Gasteiger partial charge in [-0.05, 0) is 25.3 Å². The molecule has 110 valence electrons. The summed E-state index contributed by atoms with van der Waals surface area (Å²) in [7, 11) is 0. The van der Waals surface area contributed by atoms with Gasteiger partial charge in [0.1, 0.15) is 4.88 Å². The van der Waals surface area contributed by atoms with E-state index in [2.05, 4.69) is 4.98 Å². The van der Waals surface area contributed by atoms with Crippen molar-refractivity contribution in [3.05, 3.63) is 23.3 Å². The van der Waals surface area contributed by atoms with E-state index < -0.39 is 0 Å². The molecule has 0 aromatic carbocycles. The average molecular weight is 303 g/mol. The number of nitrogens with zero attached hydrogens (tertiary/aromatic N) is 2. The maximum atomic E-state index is 12.9. The van der Waals surface area contributed by atoms with Crippen molar-refractivity contribution in [2.45, 2.75) is 31.4 Å². The second kappa shape index (κ2) is 4.96. The molecular formula is C15H17N3O2S. The molecule has 6 heteroatoms. The molecule has 1 aliphatic heterocycles. The van der Waals surface area contributed by atoms with E-state index in [1.165, 1.54) is 11.3 Å². The largest absolute Gasteiger partial charge is 0.397 e. The van der Waals surface area contributed by atoms with Gasteiger partial charge in [0.05, 0.1) is 29.1 Å². The van der Waals surface area contributed by atoms with Crippen LogP contribution in [0.3, 0.4) is 0 Å². The lowest BCUT2D eigenvalue weighted by atomic mass is 10.1. The van der Waals surface area contributed by atoms with Crippen LogP contribution in [0.5, 0.6) is 0 Å². The molecule has 2 aromatic heterocycles. The van der Waals surface area contributed by atoms with Crippen LogP contribution in [0.4, 0.5) is 5.69 Å². The number of anilines is 1. The molecule has 2 aromatic rings. The Labute approximate surface area is 126 Å². The first-order valence-electron chi connectivity index (χ1n) is 7.30. The maximum absolute atomic E-state index is 12.9. The van der Waals surface area contributed by atoms with Crippen LogP contribution in [0.15, 0.2) is 18.5 Å². The number of amides is 1. The van der Waals surface area contributed by atoms with Gasteiger partial charge in [-0.15, -0.1) is 11.3 Å². The zero-order valence-corrected chi connectivity index (χ0v) is 12.4. The third-order valence-electron chi connectivity index (χ3n) is 4.47. The highest BCUT2D eigenvalue weighted by molar-refractivity contribution is 7.21. The molecule has 4 rings (SSSR count). The number of morpholine rings is 1. The highest BCUT2D eigenvalue weighted by atomic mass is 32.1. The Morgan fingerprint density at radius 3 is 3.24 bits per heavy atom. The van der Waals surface area contributed by atoms with Gasteiger partial charge in [0.25, 0.3) is 5.91 Å². The second-order valence-electron chi connectivity index (χ2n) is 5.62. The van der Waals surface area contributed by atoms with Crippen LogP contribution in [-0.2, 0) is 4.74 Å². The topological polar surface area (TPSA) is 68.5 Å². The molecule has 2 atom stereocenters. The summed E-state index contributed by atoms with van der Waals surface area (Å²) in [4.78, 5) is 19.6. The van der Waals surface area contributed by atoms with E-state index in [9.17, 15) is 4.79 Å². The van der Waals surface area contributed by atoms with Gasteiger partial charge in [0.15, 0.2) is 0 Å². The van der Waals surface area contributed by atoms with Crippen LogP contribution in [0.25, 0.3) is 10.1 Å². The highest BCUT2D eigenvalue weighted by Crippen LogP contribution is 2.36. The lowest BCUT2D eigenvalue weighted by Gasteiger charge is -2.37. The van der Waals surface area contributed by atoms with Crippen molar-refractivity contribution in [1.29, 1.82) is 0 Å². The second-order valence-corrected chi connectivity index (χ2v) is 6.67. The number of hydrogen-bond donors (Lipinski definition) is 1. The number of ether oxygens (including phenoxy) is 1. The Kier molecular flexibility index (Phi) is 3.08. The molecule has 5 nitrogen and oxygen atoms in total. The van der Waals surface area contributed by atoms with Crippen LogP contribution in [0.2, 0.25) is 0 Å². The zero-order valence-electron chi connectivity index (χ0n) is 11.6. The summed E-state index contributed by atoms with van der Waals surface area (Å²) in [5, 5.41) is 0.926. The van der Waals surface area contributed by atoms with Crippen molar-refractivity contribution in [3.8, 4) is 0 Å². The van der Waals surface area contributed by atoms with Gasteiger partial charge in [0, 0.05) is 24.3 Å². The summed E-state index contributed by atoms with van der Waals surface area (Å²) in [6, 6.07) is 2.09. The van der Waals surface area contributed by atoms with Crippen molar-refractivity contribution in [1.82, 2.24) is 9.88 Å². The number of pyridine rings is 1. The minimum absolute atomic E-state index is 0.0499. The van der Waals surface area contributed by atoms with Crippen LogP contribution in [0, 0.1) is 0 Å². The predicted molar refractivity (Wildman–Crippen MR) is 82.4 cm³/mol. The van der Waals surface area contributed by atoms with Crippen molar-refractivity contribution in [2.75, 3.05) is 18.9 Å². The van der Waals surface area contributed by atoms with E-state index in [1.807, 2.05) is 11.0 Å². The fourth-order valence-corrected chi connectivity index (χ4v) is 4.48. The molecule has 1 amide bonds. The molecule has 3 heterocycles. The minimum atomic E-state index is 0.0499. The van der Waals surface area contributed by atoms with E-state index in [0.29, 0.717) is 23.7 Å². The van der Waals surface area contributed by atoms with Crippen molar-refractivity contribution in [2.24, 2.45) is 0 Å². The Morgan fingerprint density at radius 2 is 2.38 bits per heavy atom. The molecule has 2 fully saturated rings. The van der Waals surface area contributed by atoms with Gasteiger partial charge in [0.2, 0.25) is 0 Å². The lowest BCUT2D eigenvalue weighted by Crippen LogP contribution is -2.51. The Hall–Kier alpha value is -1.66. The fourth-order valence-electron chi connectivity index (χ4n) is 3.44. The number of fused-ring (bicyclic) bond motifs is 2. The molecular weight excluding hydrogens is 286 g/mol. The van der Waals surface area contributed by atoms with E-state index >= 15 is 0 Å². The standard InChI is InChI=1S/C15H17N3O2S/c16-13-9-4-5-17-8-12(9)21-14(13)15(19)18-6-7-20-11-3-1-2-10(11)18/h4-5,8,10-11H,1-3,6-7,16H2. The predicted octanol–water partition coefficient (Wildman–Crippen LogP) is 2.27. The quantitative estimate of drug-likeness (QED) is 0.877. The molecule has 1 aliphatic carbocycles. The number of nitrogen functional groups attached to an aromatic ring is 1. The molecule has 1 saturated heterocycles. The van der Waals surface area contributed by atoms with Crippen LogP contribution in [0.1, 0.15) is 28.9 Å². The third-order valence-corrected chi connectivity index (χ3v) is 5.61. The monoisotopic (exact) mass is 303 g/mol. The van der Waals surface area contributed by atoms with Crippen LogP contribution in [-0.4, -0.2) is 41.1 Å². The number of rotatable bonds is 1. The zero-order chi connectivity index (χ0) is 14.4. The highest BCUT2D eigenvalue weighted by Gasteiger charge is 2.39. The summed E-state index contributed by atoms with van der Waals surface area (Å²) in [5.41, 5.74) is 6.77. The number of thiophene rings is 1. The first kappa shape index (κ1) is 13.0. The first-order valence-corrected chi connectivity index (χ1v) is 8.12. The molecule has 2 N–H and O–H groups in total. The van der Waals surface area contributed by atoms with Gasteiger partial charge in [-0.3, -0.25) is 9.78 Å². The van der Waals surface area contributed by atoms with Crippen LogP contribution < -0.4 is 5.73 Å². The maximum Gasteiger partial charge on any atom is 0.266 e. The summed E-state index contributed by atoms with van der Waals surface area (Å²) in [6.07, 6.45) is 6.90. The number of aromatic nitrogens is 1. The summed E-state index contributed by atoms with van der Waals surface area (Å²) in [6.45, 7) is 1.28. The Balaban J connectivity index is 1.71. The average Bonchev–Trinajstić information content (AvgIpc) is 3.11. The van der Waals surface area contributed by atoms with Gasteiger partial charge < -0.3 is 15.4 Å². The fraction of sp³-hybridized carbons (Fsp3) is 0.467. The normalized spacial score (nSPS) is 25.2. The van der Waals surface area contributed by atoms with Gasteiger partial charge in [-0.1, -0.05) is 0 Å². The van der Waals surface area contributed by atoms with E-state index in [1.54, 1.807) is 12.4 Å². The minimum Gasteiger partial charge on any atom is -0.397 e. The molecule has 2 aliphatic rings. The van der Waals surface area contributed by atoms with Crippen molar-refractivity contribution >= 4 is 33.0 Å². The molecule has 0 radical (unpaired) electrons. The molecule has 2 unspecified atom stereocenters. The summed E-state index contributed by atoms with van der Waals surface area (Å²) in [5.74, 6) is 0.0499. The molecule has 0 spiro atoms. The smallest absolute Gasteiger partial charge is 0.266 e. The molecule has 21 heavy (non-hydrogen) atoms. The number of carbonyl (C=O) groups is 1. The van der Waals surface area contributed by atoms with Gasteiger partial charge in [-0.2, -0.15) is 0 Å². The third kappa shape index (κ3) is 2.01. The summed E-state index contributed by atoms with van der Waals surface area (Å²) < 4.78 is 6.74. The SMILES string of the molecule is Nc1c(C(=O)N2CCOC3CCCC32)sc2cnccc12. The number of hydrogen-bond acceptors (Lipinski definition) is 5. The first-order chi connectivity index (χ1) is 10.3. The number of carbonyl (C=O) groups excluding carboxylic acids is 1. The van der Waals surface area contributed by atoms with E-state index in [0.717, 1.165) is 29.3 Å². The van der Waals surface area contributed by atoms with Gasteiger partial charge >= 0.3 is 0 Å². The lowest BCUT2D eigenvalue weighted by molar-refractivity contribution is -0.0443.